The zero-order chi connectivity index (χ0) is 52.9. The SMILES string of the molecule is CCCCCC/C=C\C/C=C\CCCCCCCC(=O)OCCCCC/C=C\C=C/CCCCCCCCC(=O)NC(CO)C(O)CCCCCCCCCCCCCCCCCCCCCCCCCCC. The average molecular weight is 1020 g/mol. The van der Waals surface area contributed by atoms with Crippen LogP contribution in [0.3, 0.4) is 0 Å². The smallest absolute Gasteiger partial charge is 0.305 e. The molecule has 6 heteroatoms. The van der Waals surface area contributed by atoms with Crippen LogP contribution in [0.4, 0.5) is 0 Å². The highest BCUT2D eigenvalue weighted by Crippen LogP contribution is 2.18. The lowest BCUT2D eigenvalue weighted by atomic mass is 10.0. The first kappa shape index (κ1) is 70.8. The third-order valence-corrected chi connectivity index (χ3v) is 14.9. The molecular formula is C67H125NO5. The Morgan fingerprint density at radius 3 is 1.14 bits per heavy atom. The fourth-order valence-electron chi connectivity index (χ4n) is 9.90. The van der Waals surface area contributed by atoms with Crippen LogP contribution >= 0.6 is 0 Å². The van der Waals surface area contributed by atoms with Gasteiger partial charge in [0.1, 0.15) is 0 Å². The largest absolute Gasteiger partial charge is 0.466 e. The van der Waals surface area contributed by atoms with E-state index in [1.54, 1.807) is 0 Å². The van der Waals surface area contributed by atoms with Gasteiger partial charge in [0, 0.05) is 12.8 Å². The Hall–Kier alpha value is -2.18. The second kappa shape index (κ2) is 62.4. The molecule has 0 fully saturated rings. The average Bonchev–Trinajstić information content (AvgIpc) is 3.39. The summed E-state index contributed by atoms with van der Waals surface area (Å²) in [5.41, 5.74) is 0. The van der Waals surface area contributed by atoms with Crippen molar-refractivity contribution in [2.75, 3.05) is 13.2 Å². The second-order valence-electron chi connectivity index (χ2n) is 22.1. The van der Waals surface area contributed by atoms with E-state index in [-0.39, 0.29) is 18.5 Å². The van der Waals surface area contributed by atoms with Gasteiger partial charge in [0.15, 0.2) is 0 Å². The highest BCUT2D eigenvalue weighted by atomic mass is 16.5. The number of esters is 1. The Labute approximate surface area is 455 Å². The summed E-state index contributed by atoms with van der Waals surface area (Å²) in [6.07, 6.45) is 79.8. The van der Waals surface area contributed by atoms with E-state index < -0.39 is 12.1 Å². The standard InChI is InChI=1S/C67H125NO5/c1-3-5-7-9-11-13-15-17-19-21-22-23-24-25-26-27-28-29-31-35-39-43-47-51-55-59-65(70)64(63-69)68-66(71)60-56-52-48-44-40-36-32-30-34-38-42-46-50-54-58-62-73-67(72)61-57-53-49-45-41-37-33-20-18-16-14-12-10-8-6-4-2/h14,16,20,30,33-34,38,42,64-65,69-70H,3-13,15,17-19,21-29,31-32,35-37,39-41,43-63H2,1-2H3,(H,68,71)/b16-14-,33-20-,34-30-,42-38-. The molecule has 0 rings (SSSR count). The molecule has 0 bridgehead atoms. The van der Waals surface area contributed by atoms with Crippen molar-refractivity contribution in [1.29, 1.82) is 0 Å². The van der Waals surface area contributed by atoms with Gasteiger partial charge in [-0.05, 0) is 89.9 Å². The third-order valence-electron chi connectivity index (χ3n) is 14.9. The number of allylic oxidation sites excluding steroid dienone is 8. The molecule has 1 amide bonds. The summed E-state index contributed by atoms with van der Waals surface area (Å²) in [5, 5.41) is 23.4. The summed E-state index contributed by atoms with van der Waals surface area (Å²) < 4.78 is 5.45. The first-order valence-electron chi connectivity index (χ1n) is 32.4. The van der Waals surface area contributed by atoms with Crippen LogP contribution in [0.25, 0.3) is 0 Å². The minimum Gasteiger partial charge on any atom is -0.466 e. The lowest BCUT2D eigenvalue weighted by molar-refractivity contribution is -0.143. The maximum absolute atomic E-state index is 12.5. The zero-order valence-electron chi connectivity index (χ0n) is 48.9. The Bertz CT molecular complexity index is 1230. The minimum absolute atomic E-state index is 0.0347. The van der Waals surface area contributed by atoms with Crippen molar-refractivity contribution in [2.45, 2.75) is 353 Å². The number of hydrogen-bond acceptors (Lipinski definition) is 5. The monoisotopic (exact) mass is 1020 g/mol. The van der Waals surface area contributed by atoms with Crippen molar-refractivity contribution in [3.05, 3.63) is 48.6 Å². The molecule has 0 aromatic rings. The van der Waals surface area contributed by atoms with Gasteiger partial charge in [0.05, 0.1) is 25.4 Å². The number of ether oxygens (including phenoxy) is 1. The highest BCUT2D eigenvalue weighted by Gasteiger charge is 2.20. The lowest BCUT2D eigenvalue weighted by Crippen LogP contribution is -2.45. The fraction of sp³-hybridized carbons (Fsp3) is 0.851. The van der Waals surface area contributed by atoms with E-state index in [0.717, 1.165) is 89.9 Å². The molecule has 0 aliphatic carbocycles. The topological polar surface area (TPSA) is 95.9 Å². The van der Waals surface area contributed by atoms with Crippen molar-refractivity contribution in [2.24, 2.45) is 0 Å². The molecule has 2 unspecified atom stereocenters. The molecule has 0 spiro atoms. The minimum atomic E-state index is -0.682. The molecule has 73 heavy (non-hydrogen) atoms. The molecule has 0 aromatic heterocycles. The number of aliphatic hydroxyl groups excluding tert-OH is 2. The van der Waals surface area contributed by atoms with Crippen molar-refractivity contribution < 1.29 is 24.5 Å². The number of aliphatic hydroxyl groups is 2. The first-order valence-corrected chi connectivity index (χ1v) is 32.4. The Kier molecular flexibility index (Phi) is 60.5. The first-order chi connectivity index (χ1) is 36.0. The van der Waals surface area contributed by atoms with Crippen LogP contribution in [0.2, 0.25) is 0 Å². The number of amides is 1. The van der Waals surface area contributed by atoms with Crippen LogP contribution in [0.5, 0.6) is 0 Å². The van der Waals surface area contributed by atoms with Crippen LogP contribution < -0.4 is 5.32 Å². The summed E-state index contributed by atoms with van der Waals surface area (Å²) in [7, 11) is 0. The van der Waals surface area contributed by atoms with Crippen molar-refractivity contribution in [3.8, 4) is 0 Å². The predicted molar refractivity (Wildman–Crippen MR) is 319 cm³/mol. The maximum atomic E-state index is 12.5. The van der Waals surface area contributed by atoms with E-state index in [0.29, 0.717) is 25.9 Å². The number of nitrogens with one attached hydrogen (secondary N) is 1. The van der Waals surface area contributed by atoms with Crippen molar-refractivity contribution >= 4 is 11.9 Å². The van der Waals surface area contributed by atoms with Crippen LogP contribution in [-0.2, 0) is 14.3 Å². The normalized spacial score (nSPS) is 12.9. The summed E-state index contributed by atoms with van der Waals surface area (Å²) in [6, 6.07) is -0.561. The van der Waals surface area contributed by atoms with Crippen LogP contribution in [0, 0.1) is 0 Å². The van der Waals surface area contributed by atoms with Crippen LogP contribution in [-0.4, -0.2) is 47.4 Å². The van der Waals surface area contributed by atoms with E-state index in [1.807, 2.05) is 0 Å². The molecule has 0 heterocycles. The lowest BCUT2D eigenvalue weighted by Gasteiger charge is -2.22. The van der Waals surface area contributed by atoms with Gasteiger partial charge in [-0.2, -0.15) is 0 Å². The molecule has 0 aliphatic rings. The molecule has 0 saturated heterocycles. The van der Waals surface area contributed by atoms with E-state index in [2.05, 4.69) is 67.8 Å². The Morgan fingerprint density at radius 2 is 0.726 bits per heavy atom. The van der Waals surface area contributed by atoms with Gasteiger partial charge < -0.3 is 20.3 Å². The molecule has 0 radical (unpaired) electrons. The molecule has 0 aliphatic heterocycles. The van der Waals surface area contributed by atoms with Crippen molar-refractivity contribution in [3.63, 3.8) is 0 Å². The van der Waals surface area contributed by atoms with Gasteiger partial charge in [0.2, 0.25) is 5.91 Å². The van der Waals surface area contributed by atoms with E-state index in [1.165, 1.54) is 218 Å². The molecular weight excluding hydrogens is 899 g/mol. The summed E-state index contributed by atoms with van der Waals surface area (Å²) >= 11 is 0. The maximum Gasteiger partial charge on any atom is 0.305 e. The molecule has 0 aromatic carbocycles. The van der Waals surface area contributed by atoms with Crippen LogP contribution in [0.1, 0.15) is 341 Å². The van der Waals surface area contributed by atoms with E-state index in [4.69, 9.17) is 4.74 Å². The van der Waals surface area contributed by atoms with Gasteiger partial charge in [-0.15, -0.1) is 0 Å². The van der Waals surface area contributed by atoms with Crippen molar-refractivity contribution in [1.82, 2.24) is 5.32 Å². The fourth-order valence-corrected chi connectivity index (χ4v) is 9.90. The Balaban J connectivity index is 3.51. The highest BCUT2D eigenvalue weighted by molar-refractivity contribution is 5.76. The van der Waals surface area contributed by atoms with Gasteiger partial charge >= 0.3 is 5.97 Å². The molecule has 0 saturated carbocycles. The molecule has 2 atom stereocenters. The quantitative estimate of drug-likeness (QED) is 0.0244. The Morgan fingerprint density at radius 1 is 0.397 bits per heavy atom. The number of carbonyl (C=O) groups excluding carboxylic acids is 2. The van der Waals surface area contributed by atoms with Gasteiger partial charge in [-0.3, -0.25) is 9.59 Å². The molecule has 3 N–H and O–H groups in total. The summed E-state index contributed by atoms with van der Waals surface area (Å²) in [4.78, 5) is 24.6. The predicted octanol–water partition coefficient (Wildman–Crippen LogP) is 20.5. The van der Waals surface area contributed by atoms with Gasteiger partial charge in [-0.1, -0.05) is 287 Å². The number of hydrogen-bond donors (Lipinski definition) is 3. The summed E-state index contributed by atoms with van der Waals surface area (Å²) in [5.74, 6) is -0.0900. The molecule has 6 nitrogen and oxygen atoms in total. The number of unbranched alkanes of at least 4 members (excludes halogenated alkanes) is 42. The van der Waals surface area contributed by atoms with Gasteiger partial charge in [-0.25, -0.2) is 0 Å². The third kappa shape index (κ3) is 58.9. The van der Waals surface area contributed by atoms with Gasteiger partial charge in [0.25, 0.3) is 0 Å². The van der Waals surface area contributed by atoms with E-state index >= 15 is 0 Å². The number of rotatable bonds is 60. The second-order valence-corrected chi connectivity index (χ2v) is 22.1. The zero-order valence-corrected chi connectivity index (χ0v) is 48.9. The van der Waals surface area contributed by atoms with Crippen LogP contribution in [0.15, 0.2) is 48.6 Å². The summed E-state index contributed by atoms with van der Waals surface area (Å²) in [6.45, 7) is 4.89. The number of carbonyl (C=O) groups is 2. The van der Waals surface area contributed by atoms with E-state index in [9.17, 15) is 19.8 Å². The molecule has 428 valence electrons.